The molecule has 154 valence electrons. The lowest BCUT2D eigenvalue weighted by Crippen LogP contribution is -2.43. The van der Waals surface area contributed by atoms with Crippen molar-refractivity contribution in [1.29, 1.82) is 0 Å². The van der Waals surface area contributed by atoms with Crippen LogP contribution < -0.4 is 5.32 Å². The molecule has 1 fully saturated rings. The Kier molecular flexibility index (Phi) is 5.88. The highest BCUT2D eigenvalue weighted by molar-refractivity contribution is 5.92. The molecule has 1 aliphatic heterocycles. The smallest absolute Gasteiger partial charge is 0.246 e. The molecule has 0 saturated carbocycles. The summed E-state index contributed by atoms with van der Waals surface area (Å²) in [7, 11) is 0. The second-order valence-electron chi connectivity index (χ2n) is 7.56. The van der Waals surface area contributed by atoms with Gasteiger partial charge >= 0.3 is 0 Å². The Morgan fingerprint density at radius 2 is 1.80 bits per heavy atom. The van der Waals surface area contributed by atoms with E-state index in [1.165, 1.54) is 0 Å². The number of likely N-dealkylation sites (tertiary alicyclic amines) is 1. The highest BCUT2D eigenvalue weighted by Gasteiger charge is 2.28. The lowest BCUT2D eigenvalue weighted by molar-refractivity contribution is -0.132. The number of fused-ring (bicyclic) bond motifs is 1. The maximum Gasteiger partial charge on any atom is 0.246 e. The zero-order valence-electron chi connectivity index (χ0n) is 16.9. The van der Waals surface area contributed by atoms with Crippen LogP contribution in [0.5, 0.6) is 0 Å². The molecule has 0 spiro atoms. The Labute approximate surface area is 175 Å². The molecule has 3 heterocycles. The van der Waals surface area contributed by atoms with E-state index < -0.39 is 0 Å². The third-order valence-electron chi connectivity index (χ3n) is 5.48. The van der Waals surface area contributed by atoms with Gasteiger partial charge in [0.1, 0.15) is 0 Å². The average molecular weight is 403 g/mol. The van der Waals surface area contributed by atoms with Crippen LogP contribution in [0.15, 0.2) is 60.8 Å². The molecular weight excluding hydrogens is 378 g/mol. The van der Waals surface area contributed by atoms with Crippen molar-refractivity contribution in [3.05, 3.63) is 72.2 Å². The van der Waals surface area contributed by atoms with Crippen LogP contribution >= 0.6 is 0 Å². The molecule has 3 aromatic rings. The monoisotopic (exact) mass is 403 g/mol. The number of rotatable bonds is 5. The van der Waals surface area contributed by atoms with Crippen LogP contribution in [0.1, 0.15) is 37.2 Å². The van der Waals surface area contributed by atoms with E-state index in [1.807, 2.05) is 72.1 Å². The summed E-state index contributed by atoms with van der Waals surface area (Å²) in [6, 6.07) is 15.2. The lowest BCUT2D eigenvalue weighted by Gasteiger charge is -2.31. The SMILES string of the molecule is CC(NC(=O)C1CCN(C(=O)/C=C/c2ccccc2)CC1)c1nnc2ccccn12. The summed E-state index contributed by atoms with van der Waals surface area (Å²) in [6.07, 6.45) is 6.63. The van der Waals surface area contributed by atoms with Gasteiger partial charge < -0.3 is 10.2 Å². The van der Waals surface area contributed by atoms with Crippen molar-refractivity contribution < 1.29 is 9.59 Å². The Morgan fingerprint density at radius 1 is 1.07 bits per heavy atom. The topological polar surface area (TPSA) is 79.6 Å². The zero-order valence-corrected chi connectivity index (χ0v) is 16.9. The average Bonchev–Trinajstić information content (AvgIpc) is 3.22. The predicted molar refractivity (Wildman–Crippen MR) is 114 cm³/mol. The molecule has 1 unspecified atom stereocenters. The van der Waals surface area contributed by atoms with Crippen LogP contribution in [0.3, 0.4) is 0 Å². The Hall–Kier alpha value is -3.48. The predicted octanol–water partition coefficient (Wildman–Crippen LogP) is 2.86. The first-order valence-corrected chi connectivity index (χ1v) is 10.2. The van der Waals surface area contributed by atoms with Gasteiger partial charge in [0.2, 0.25) is 11.8 Å². The first-order valence-electron chi connectivity index (χ1n) is 10.2. The fourth-order valence-electron chi connectivity index (χ4n) is 3.75. The van der Waals surface area contributed by atoms with E-state index in [0.717, 1.165) is 11.2 Å². The standard InChI is InChI=1S/C23H25N5O2/c1-17(22-26-25-20-9-5-6-14-28(20)22)24-23(30)19-12-15-27(16-13-19)21(29)11-10-18-7-3-2-4-8-18/h2-11,14,17,19H,12-13,15-16H2,1H3,(H,24,30)/b11-10+. The highest BCUT2D eigenvalue weighted by atomic mass is 16.2. The Balaban J connectivity index is 1.30. The van der Waals surface area contributed by atoms with Crippen LogP contribution in [0.2, 0.25) is 0 Å². The number of piperidine rings is 1. The minimum absolute atomic E-state index is 0.00195. The van der Waals surface area contributed by atoms with E-state index in [1.54, 1.807) is 11.0 Å². The maximum atomic E-state index is 12.7. The van der Waals surface area contributed by atoms with Crippen molar-refractivity contribution >= 4 is 23.5 Å². The fourth-order valence-corrected chi connectivity index (χ4v) is 3.75. The first kappa shape index (κ1) is 19.8. The number of hydrogen-bond donors (Lipinski definition) is 1. The Bertz CT molecular complexity index is 1050. The third-order valence-corrected chi connectivity index (χ3v) is 5.48. The van der Waals surface area contributed by atoms with Crippen molar-refractivity contribution in [1.82, 2.24) is 24.8 Å². The summed E-state index contributed by atoms with van der Waals surface area (Å²) >= 11 is 0. The number of pyridine rings is 1. The summed E-state index contributed by atoms with van der Waals surface area (Å²) in [5.41, 5.74) is 1.75. The van der Waals surface area contributed by atoms with Gasteiger partial charge in [0.15, 0.2) is 11.5 Å². The summed E-state index contributed by atoms with van der Waals surface area (Å²) < 4.78 is 1.88. The second-order valence-corrected chi connectivity index (χ2v) is 7.56. The molecule has 1 aromatic carbocycles. The van der Waals surface area contributed by atoms with E-state index >= 15 is 0 Å². The summed E-state index contributed by atoms with van der Waals surface area (Å²) in [6.45, 7) is 3.07. The van der Waals surface area contributed by atoms with Crippen molar-refractivity contribution in [2.24, 2.45) is 5.92 Å². The number of carbonyl (C=O) groups is 2. The van der Waals surface area contributed by atoms with E-state index in [0.29, 0.717) is 31.8 Å². The second kappa shape index (κ2) is 8.90. The van der Waals surface area contributed by atoms with Gasteiger partial charge in [-0.1, -0.05) is 36.4 Å². The largest absolute Gasteiger partial charge is 0.346 e. The molecule has 1 atom stereocenters. The van der Waals surface area contributed by atoms with Gasteiger partial charge in [-0.25, -0.2) is 0 Å². The molecule has 7 nitrogen and oxygen atoms in total. The fraction of sp³-hybridized carbons (Fsp3) is 0.304. The van der Waals surface area contributed by atoms with E-state index in [-0.39, 0.29) is 23.8 Å². The van der Waals surface area contributed by atoms with Gasteiger partial charge in [0.25, 0.3) is 0 Å². The summed E-state index contributed by atoms with van der Waals surface area (Å²) in [4.78, 5) is 27.0. The van der Waals surface area contributed by atoms with Crippen molar-refractivity contribution in [2.75, 3.05) is 13.1 Å². The van der Waals surface area contributed by atoms with Crippen LogP contribution in [-0.4, -0.2) is 44.4 Å². The number of aromatic nitrogens is 3. The Morgan fingerprint density at radius 3 is 2.57 bits per heavy atom. The lowest BCUT2D eigenvalue weighted by atomic mass is 9.95. The highest BCUT2D eigenvalue weighted by Crippen LogP contribution is 2.20. The van der Waals surface area contributed by atoms with Gasteiger partial charge in [-0.2, -0.15) is 0 Å². The minimum atomic E-state index is -0.247. The first-order chi connectivity index (χ1) is 14.6. The van der Waals surface area contributed by atoms with E-state index in [2.05, 4.69) is 15.5 Å². The van der Waals surface area contributed by atoms with Gasteiger partial charge in [-0.05, 0) is 43.5 Å². The maximum absolute atomic E-state index is 12.7. The molecule has 4 rings (SSSR count). The quantitative estimate of drug-likeness (QED) is 0.665. The zero-order chi connectivity index (χ0) is 20.9. The minimum Gasteiger partial charge on any atom is -0.346 e. The van der Waals surface area contributed by atoms with Crippen molar-refractivity contribution in [3.63, 3.8) is 0 Å². The molecular formula is C23H25N5O2. The van der Waals surface area contributed by atoms with Gasteiger partial charge in [-0.3, -0.25) is 14.0 Å². The molecule has 7 heteroatoms. The van der Waals surface area contributed by atoms with E-state index in [9.17, 15) is 9.59 Å². The van der Waals surface area contributed by atoms with Crippen LogP contribution in [0, 0.1) is 5.92 Å². The molecule has 0 aliphatic carbocycles. The molecule has 1 aliphatic rings. The number of amides is 2. The number of benzene rings is 1. The van der Waals surface area contributed by atoms with E-state index in [4.69, 9.17) is 0 Å². The number of nitrogens with zero attached hydrogens (tertiary/aromatic N) is 4. The molecule has 0 bridgehead atoms. The molecule has 30 heavy (non-hydrogen) atoms. The molecule has 1 N–H and O–H groups in total. The molecule has 0 radical (unpaired) electrons. The molecule has 1 saturated heterocycles. The number of nitrogens with one attached hydrogen (secondary N) is 1. The van der Waals surface area contributed by atoms with Crippen LogP contribution in [0.4, 0.5) is 0 Å². The molecule has 2 aromatic heterocycles. The van der Waals surface area contributed by atoms with Gasteiger partial charge in [-0.15, -0.1) is 10.2 Å². The van der Waals surface area contributed by atoms with Crippen LogP contribution in [0.25, 0.3) is 11.7 Å². The summed E-state index contributed by atoms with van der Waals surface area (Å²) in [5.74, 6) is 0.592. The van der Waals surface area contributed by atoms with Gasteiger partial charge in [0, 0.05) is 31.3 Å². The van der Waals surface area contributed by atoms with Crippen molar-refractivity contribution in [3.8, 4) is 0 Å². The normalized spacial score (nSPS) is 16.1. The van der Waals surface area contributed by atoms with Crippen LogP contribution in [-0.2, 0) is 9.59 Å². The number of carbonyl (C=O) groups excluding carboxylic acids is 2. The van der Waals surface area contributed by atoms with Crippen molar-refractivity contribution in [2.45, 2.75) is 25.8 Å². The number of hydrogen-bond acceptors (Lipinski definition) is 4. The molecule has 2 amide bonds. The third kappa shape index (κ3) is 4.40. The summed E-state index contributed by atoms with van der Waals surface area (Å²) in [5, 5.41) is 11.4. The van der Waals surface area contributed by atoms with Gasteiger partial charge in [0.05, 0.1) is 6.04 Å².